The van der Waals surface area contributed by atoms with Gasteiger partial charge in [0, 0.05) is 13.1 Å². The minimum absolute atomic E-state index is 0.516. The summed E-state index contributed by atoms with van der Waals surface area (Å²) in [6, 6.07) is 0. The van der Waals surface area contributed by atoms with Crippen LogP contribution in [0.1, 0.15) is 65.7 Å². The van der Waals surface area contributed by atoms with Crippen molar-refractivity contribution in [2.45, 2.75) is 65.7 Å². The lowest BCUT2D eigenvalue weighted by Gasteiger charge is -2.26. The smallest absolute Gasteiger partial charge is 0.326 e. The SMILES string of the molecule is CCCC/C=C/C(CCC)=C(/CCC)B1N(C)CCN1C. The summed E-state index contributed by atoms with van der Waals surface area (Å²) in [5.74, 6) is 0. The average molecular weight is 290 g/mol. The molecule has 0 saturated carbocycles. The third-order valence-electron chi connectivity index (χ3n) is 4.45. The van der Waals surface area contributed by atoms with Gasteiger partial charge >= 0.3 is 6.98 Å². The first-order valence-corrected chi connectivity index (χ1v) is 8.94. The summed E-state index contributed by atoms with van der Waals surface area (Å²) < 4.78 is 0. The molecule has 3 heteroatoms. The zero-order valence-electron chi connectivity index (χ0n) is 15.0. The molecule has 0 atom stereocenters. The quantitative estimate of drug-likeness (QED) is 0.349. The lowest BCUT2D eigenvalue weighted by molar-refractivity contribution is 0.553. The molecule has 0 bridgehead atoms. The van der Waals surface area contributed by atoms with Crippen LogP contribution in [0.5, 0.6) is 0 Å². The molecule has 0 amide bonds. The largest absolute Gasteiger partial charge is 0.341 e. The van der Waals surface area contributed by atoms with Gasteiger partial charge < -0.3 is 9.62 Å². The first-order chi connectivity index (χ1) is 10.2. The van der Waals surface area contributed by atoms with E-state index in [0.717, 1.165) is 0 Å². The highest BCUT2D eigenvalue weighted by Crippen LogP contribution is 2.25. The van der Waals surface area contributed by atoms with Crippen molar-refractivity contribution >= 4 is 6.98 Å². The third kappa shape index (κ3) is 5.63. The average Bonchev–Trinajstić information content (AvgIpc) is 2.79. The summed E-state index contributed by atoms with van der Waals surface area (Å²) in [5, 5.41) is 0. The Morgan fingerprint density at radius 1 is 0.952 bits per heavy atom. The van der Waals surface area contributed by atoms with Crippen LogP contribution in [0.2, 0.25) is 0 Å². The topological polar surface area (TPSA) is 6.48 Å². The molecular formula is C18H35BN2. The zero-order chi connectivity index (χ0) is 15.7. The van der Waals surface area contributed by atoms with Gasteiger partial charge in [0.15, 0.2) is 0 Å². The molecule has 2 nitrogen and oxygen atoms in total. The second-order valence-electron chi connectivity index (χ2n) is 6.43. The van der Waals surface area contributed by atoms with Crippen molar-refractivity contribution in [1.29, 1.82) is 0 Å². The van der Waals surface area contributed by atoms with Gasteiger partial charge in [-0.25, -0.2) is 0 Å². The summed E-state index contributed by atoms with van der Waals surface area (Å²) in [4.78, 5) is 5.03. The molecule has 120 valence electrons. The standard InChI is InChI=1S/C18H35BN2/c1-6-9-10-11-14-17(12-7-2)18(13-8-3)19-20(4)15-16-21(19)5/h11,14H,6-10,12-13,15-16H2,1-5H3/b14-11+,18-17-. The highest BCUT2D eigenvalue weighted by atomic mass is 15.3. The molecule has 0 radical (unpaired) electrons. The minimum atomic E-state index is 0.516. The van der Waals surface area contributed by atoms with Crippen LogP contribution >= 0.6 is 0 Å². The number of hydrogen-bond acceptors (Lipinski definition) is 2. The first-order valence-electron chi connectivity index (χ1n) is 8.94. The fourth-order valence-corrected chi connectivity index (χ4v) is 3.32. The summed E-state index contributed by atoms with van der Waals surface area (Å²) >= 11 is 0. The molecule has 21 heavy (non-hydrogen) atoms. The van der Waals surface area contributed by atoms with Gasteiger partial charge in [-0.3, -0.25) is 0 Å². The Hall–Kier alpha value is -0.535. The van der Waals surface area contributed by atoms with E-state index in [0.29, 0.717) is 6.98 Å². The highest BCUT2D eigenvalue weighted by Gasteiger charge is 2.35. The van der Waals surface area contributed by atoms with Gasteiger partial charge in [0.1, 0.15) is 0 Å². The van der Waals surface area contributed by atoms with Gasteiger partial charge in [-0.15, -0.1) is 0 Å². The molecule has 0 aromatic rings. The van der Waals surface area contributed by atoms with E-state index in [1.807, 2.05) is 0 Å². The van der Waals surface area contributed by atoms with Crippen LogP contribution in [0.25, 0.3) is 0 Å². The van der Waals surface area contributed by atoms with Crippen molar-refractivity contribution in [3.63, 3.8) is 0 Å². The Bertz CT molecular complexity index is 339. The Labute approximate surface area is 133 Å². The molecule has 1 aliphatic heterocycles. The van der Waals surface area contributed by atoms with Crippen molar-refractivity contribution < 1.29 is 0 Å². The molecule has 0 aromatic carbocycles. The second kappa shape index (κ2) is 10.2. The molecule has 1 saturated heterocycles. The summed E-state index contributed by atoms with van der Waals surface area (Å²) in [5.41, 5.74) is 3.26. The highest BCUT2D eigenvalue weighted by molar-refractivity contribution is 6.62. The molecule has 1 heterocycles. The number of rotatable bonds is 9. The van der Waals surface area contributed by atoms with Crippen molar-refractivity contribution in [2.24, 2.45) is 0 Å². The van der Waals surface area contributed by atoms with Crippen LogP contribution < -0.4 is 0 Å². The molecular weight excluding hydrogens is 255 g/mol. The Kier molecular flexibility index (Phi) is 9.02. The van der Waals surface area contributed by atoms with E-state index in [-0.39, 0.29) is 0 Å². The molecule has 0 N–H and O–H groups in total. The van der Waals surface area contributed by atoms with Crippen molar-refractivity contribution in [3.8, 4) is 0 Å². The molecule has 1 rings (SSSR count). The zero-order valence-corrected chi connectivity index (χ0v) is 15.0. The van der Waals surface area contributed by atoms with Crippen molar-refractivity contribution in [1.82, 2.24) is 9.62 Å². The van der Waals surface area contributed by atoms with Crippen molar-refractivity contribution in [3.05, 3.63) is 23.2 Å². The van der Waals surface area contributed by atoms with E-state index in [4.69, 9.17) is 0 Å². The van der Waals surface area contributed by atoms with Gasteiger partial charge in [0.2, 0.25) is 0 Å². The summed E-state index contributed by atoms with van der Waals surface area (Å²) in [7, 11) is 4.54. The van der Waals surface area contributed by atoms with Crippen LogP contribution in [-0.2, 0) is 0 Å². The van der Waals surface area contributed by atoms with Crippen molar-refractivity contribution in [2.75, 3.05) is 27.2 Å². The molecule has 0 unspecified atom stereocenters. The number of likely N-dealkylation sites (N-methyl/N-ethyl adjacent to an activating group) is 2. The molecule has 1 fully saturated rings. The maximum absolute atomic E-state index is 2.51. The number of allylic oxidation sites excluding steroid dienone is 4. The van der Waals surface area contributed by atoms with E-state index < -0.39 is 0 Å². The van der Waals surface area contributed by atoms with Crippen LogP contribution in [0.3, 0.4) is 0 Å². The fourth-order valence-electron chi connectivity index (χ4n) is 3.32. The summed E-state index contributed by atoms with van der Waals surface area (Å²) in [6.45, 7) is 9.76. The Morgan fingerprint density at radius 2 is 1.57 bits per heavy atom. The van der Waals surface area contributed by atoms with Gasteiger partial charge in [0.25, 0.3) is 0 Å². The van der Waals surface area contributed by atoms with Gasteiger partial charge in [-0.1, -0.05) is 69.7 Å². The fraction of sp³-hybridized carbons (Fsp3) is 0.778. The minimum Gasteiger partial charge on any atom is -0.326 e. The molecule has 1 aliphatic rings. The normalized spacial score (nSPS) is 18.8. The van der Waals surface area contributed by atoms with Gasteiger partial charge in [-0.05, 0) is 33.4 Å². The van der Waals surface area contributed by atoms with Crippen LogP contribution in [-0.4, -0.2) is 43.8 Å². The first kappa shape index (κ1) is 18.5. The maximum Gasteiger partial charge on any atom is 0.341 e. The lowest BCUT2D eigenvalue weighted by Crippen LogP contribution is -2.42. The van der Waals surface area contributed by atoms with E-state index in [9.17, 15) is 0 Å². The predicted octanol–water partition coefficient (Wildman–Crippen LogP) is 4.53. The summed E-state index contributed by atoms with van der Waals surface area (Å²) in [6.07, 6.45) is 13.6. The van der Waals surface area contributed by atoms with E-state index >= 15 is 0 Å². The second-order valence-corrected chi connectivity index (χ2v) is 6.43. The maximum atomic E-state index is 2.51. The van der Waals surface area contributed by atoms with Gasteiger partial charge in [-0.2, -0.15) is 0 Å². The Balaban J connectivity index is 2.99. The monoisotopic (exact) mass is 290 g/mol. The molecule has 0 spiro atoms. The van der Waals surface area contributed by atoms with Crippen LogP contribution in [0, 0.1) is 0 Å². The van der Waals surface area contributed by atoms with E-state index in [1.54, 1.807) is 11.0 Å². The predicted molar refractivity (Wildman–Crippen MR) is 96.5 cm³/mol. The number of nitrogens with zero attached hydrogens (tertiary/aromatic N) is 2. The van der Waals surface area contributed by atoms with E-state index in [1.165, 1.54) is 58.0 Å². The Morgan fingerprint density at radius 3 is 2.10 bits per heavy atom. The number of hydrogen-bond donors (Lipinski definition) is 0. The van der Waals surface area contributed by atoms with Crippen LogP contribution in [0.15, 0.2) is 23.2 Å². The molecule has 0 aromatic heterocycles. The van der Waals surface area contributed by atoms with Gasteiger partial charge in [0.05, 0.1) is 0 Å². The van der Waals surface area contributed by atoms with Crippen LogP contribution in [0.4, 0.5) is 0 Å². The lowest BCUT2D eigenvalue weighted by atomic mass is 9.61. The number of unbranched alkanes of at least 4 members (excludes halogenated alkanes) is 2. The third-order valence-corrected chi connectivity index (χ3v) is 4.45. The van der Waals surface area contributed by atoms with E-state index in [2.05, 4.69) is 56.6 Å². The molecule has 0 aliphatic carbocycles.